The minimum absolute atomic E-state index is 0.0930. The minimum atomic E-state index is -0.410. The number of hydrogen-bond acceptors (Lipinski definition) is 7. The first-order valence-corrected chi connectivity index (χ1v) is 12.7. The Bertz CT molecular complexity index is 1270. The third-order valence-electron chi connectivity index (χ3n) is 7.99. The number of hydrogen-bond donors (Lipinski definition) is 1. The third kappa shape index (κ3) is 4.65. The van der Waals surface area contributed by atoms with Gasteiger partial charge in [0, 0.05) is 31.4 Å². The fourth-order valence-corrected chi connectivity index (χ4v) is 5.55. The number of rotatable bonds is 5. The molecule has 2 saturated heterocycles. The van der Waals surface area contributed by atoms with Crippen LogP contribution in [0.4, 0.5) is 5.82 Å². The lowest BCUT2D eigenvalue weighted by molar-refractivity contribution is 0.0945. The summed E-state index contributed by atoms with van der Waals surface area (Å²) in [5.41, 5.74) is 1.61. The Kier molecular flexibility index (Phi) is 5.72. The molecule has 1 unspecified atom stereocenters. The molecule has 35 heavy (non-hydrogen) atoms. The number of amides is 1. The number of likely N-dealkylation sites (tertiary alicyclic amines) is 1. The first-order valence-electron chi connectivity index (χ1n) is 12.7. The molecule has 3 aromatic rings. The summed E-state index contributed by atoms with van der Waals surface area (Å²) in [5, 5.41) is 11.6. The average molecular weight is 474 g/mol. The first-order chi connectivity index (χ1) is 17.1. The smallest absolute Gasteiger partial charge is 0.270 e. The van der Waals surface area contributed by atoms with Crippen molar-refractivity contribution in [2.45, 2.75) is 51.1 Å². The Labute approximate surface area is 204 Å². The van der Waals surface area contributed by atoms with Crippen molar-refractivity contribution in [2.75, 3.05) is 31.1 Å². The molecule has 2 aliphatic heterocycles. The normalized spacial score (nSPS) is 21.8. The monoisotopic (exact) mass is 473 g/mol. The van der Waals surface area contributed by atoms with Crippen LogP contribution in [-0.2, 0) is 6.54 Å². The average Bonchev–Trinajstić information content (AvgIpc) is 3.66. The zero-order chi connectivity index (χ0) is 23.8. The van der Waals surface area contributed by atoms with Crippen LogP contribution < -0.4 is 15.8 Å². The van der Waals surface area contributed by atoms with Crippen LogP contribution >= 0.6 is 0 Å². The van der Waals surface area contributed by atoms with Crippen molar-refractivity contribution >= 4 is 17.4 Å². The summed E-state index contributed by atoms with van der Waals surface area (Å²) in [5.74, 6) is 0.484. The molecule has 3 aliphatic rings. The molecule has 1 aliphatic carbocycles. The Hall–Kier alpha value is -3.33. The number of nitrogens with one attached hydrogen (secondary N) is 1. The third-order valence-corrected chi connectivity index (χ3v) is 7.99. The van der Waals surface area contributed by atoms with Crippen molar-refractivity contribution in [3.63, 3.8) is 0 Å². The Morgan fingerprint density at radius 3 is 2.69 bits per heavy atom. The second-order valence-electron chi connectivity index (χ2n) is 10.3. The van der Waals surface area contributed by atoms with Gasteiger partial charge in [-0.25, -0.2) is 4.98 Å². The lowest BCUT2D eigenvalue weighted by atomic mass is 9.91. The number of fused-ring (bicyclic) bond motifs is 1. The molecule has 3 aromatic heterocycles. The van der Waals surface area contributed by atoms with E-state index in [4.69, 9.17) is 0 Å². The molecule has 9 nitrogen and oxygen atoms in total. The summed E-state index contributed by atoms with van der Waals surface area (Å²) in [6.45, 7) is 4.70. The van der Waals surface area contributed by atoms with E-state index in [1.165, 1.54) is 62.1 Å². The number of nitrogens with zero attached hydrogens (tertiary/aromatic N) is 6. The predicted octanol–water partition coefficient (Wildman–Crippen LogP) is 2.26. The van der Waals surface area contributed by atoms with Crippen molar-refractivity contribution in [1.82, 2.24) is 29.8 Å². The predicted molar refractivity (Wildman–Crippen MR) is 132 cm³/mol. The first kappa shape index (κ1) is 22.2. The van der Waals surface area contributed by atoms with E-state index in [2.05, 4.69) is 30.3 Å². The molecule has 0 radical (unpaired) electrons. The minimum Gasteiger partial charge on any atom is -0.354 e. The highest BCUT2D eigenvalue weighted by molar-refractivity contribution is 5.92. The Morgan fingerprint density at radius 2 is 1.91 bits per heavy atom. The summed E-state index contributed by atoms with van der Waals surface area (Å²) in [7, 11) is 0. The van der Waals surface area contributed by atoms with Crippen molar-refractivity contribution in [2.24, 2.45) is 5.41 Å². The van der Waals surface area contributed by atoms with Crippen LogP contribution in [0.3, 0.4) is 0 Å². The van der Waals surface area contributed by atoms with Gasteiger partial charge in [-0.1, -0.05) is 6.07 Å². The molecule has 3 fully saturated rings. The van der Waals surface area contributed by atoms with Crippen LogP contribution in [0.1, 0.15) is 54.7 Å². The maximum atomic E-state index is 12.6. The summed E-state index contributed by atoms with van der Waals surface area (Å²) in [6, 6.07) is 11.0. The van der Waals surface area contributed by atoms with Crippen LogP contribution in [0.2, 0.25) is 0 Å². The Morgan fingerprint density at radius 1 is 1.06 bits per heavy atom. The maximum absolute atomic E-state index is 12.6. The lowest BCUT2D eigenvalue weighted by Crippen LogP contribution is -2.51. The highest BCUT2D eigenvalue weighted by Gasteiger charge is 2.45. The summed E-state index contributed by atoms with van der Waals surface area (Å²) in [4.78, 5) is 34.1. The molecular formula is C26H31N7O2. The Balaban J connectivity index is 1.05. The molecule has 5 heterocycles. The lowest BCUT2D eigenvalue weighted by Gasteiger charge is -2.43. The van der Waals surface area contributed by atoms with Gasteiger partial charge in [0.2, 0.25) is 0 Å². The molecule has 1 N–H and O–H groups in total. The zero-order valence-electron chi connectivity index (χ0n) is 19.9. The standard InChI is InChI=1S/C26H31N7O2/c34-24-16-21(28-22-5-1-2-13-33(22)24)25(35)27-17-19-6-7-23(30-29-19)32-12-3-4-20(18-32)31-14-10-26(8-9-26)11-15-31/h1-2,5-7,13,16,20H,3-4,8-12,14-15,17-18H2,(H,27,35). The van der Waals surface area contributed by atoms with Crippen molar-refractivity contribution in [1.29, 1.82) is 0 Å². The second kappa shape index (κ2) is 9.03. The van der Waals surface area contributed by atoms with Crippen molar-refractivity contribution < 1.29 is 4.79 Å². The van der Waals surface area contributed by atoms with E-state index in [-0.39, 0.29) is 17.8 Å². The largest absolute Gasteiger partial charge is 0.354 e. The van der Waals surface area contributed by atoms with Gasteiger partial charge in [-0.15, -0.1) is 5.10 Å². The van der Waals surface area contributed by atoms with Crippen LogP contribution in [0.25, 0.3) is 5.65 Å². The van der Waals surface area contributed by atoms with Gasteiger partial charge in [-0.05, 0) is 81.3 Å². The number of pyridine rings is 1. The van der Waals surface area contributed by atoms with Crippen LogP contribution in [0.5, 0.6) is 0 Å². The molecule has 1 spiro atoms. The zero-order valence-corrected chi connectivity index (χ0v) is 19.9. The van der Waals surface area contributed by atoms with Gasteiger partial charge in [0.25, 0.3) is 11.5 Å². The fraction of sp³-hybridized carbons (Fsp3) is 0.500. The van der Waals surface area contributed by atoms with Crippen LogP contribution in [0, 0.1) is 5.41 Å². The maximum Gasteiger partial charge on any atom is 0.270 e. The quantitative estimate of drug-likeness (QED) is 0.607. The molecule has 1 atom stereocenters. The second-order valence-corrected chi connectivity index (χ2v) is 10.3. The number of carbonyl (C=O) groups excluding carboxylic acids is 1. The van der Waals surface area contributed by atoms with E-state index in [1.807, 2.05) is 12.1 Å². The van der Waals surface area contributed by atoms with E-state index in [1.54, 1.807) is 24.4 Å². The van der Waals surface area contributed by atoms with Gasteiger partial charge >= 0.3 is 0 Å². The van der Waals surface area contributed by atoms with Gasteiger partial charge in [-0.2, -0.15) is 5.10 Å². The van der Waals surface area contributed by atoms with Gasteiger partial charge in [0.05, 0.1) is 12.2 Å². The highest BCUT2D eigenvalue weighted by Crippen LogP contribution is 2.53. The molecule has 182 valence electrons. The molecular weight excluding hydrogens is 442 g/mol. The van der Waals surface area contributed by atoms with Gasteiger partial charge in [0.15, 0.2) is 5.82 Å². The number of piperidine rings is 2. The van der Waals surface area contributed by atoms with E-state index >= 15 is 0 Å². The van der Waals surface area contributed by atoms with Crippen LogP contribution in [0.15, 0.2) is 47.4 Å². The van der Waals surface area contributed by atoms with E-state index < -0.39 is 5.91 Å². The van der Waals surface area contributed by atoms with Gasteiger partial charge < -0.3 is 10.2 Å². The summed E-state index contributed by atoms with van der Waals surface area (Å²) < 4.78 is 1.40. The number of anilines is 1. The van der Waals surface area contributed by atoms with E-state index in [0.717, 1.165) is 18.9 Å². The van der Waals surface area contributed by atoms with E-state index in [9.17, 15) is 9.59 Å². The van der Waals surface area contributed by atoms with Gasteiger partial charge in [-0.3, -0.25) is 18.9 Å². The van der Waals surface area contributed by atoms with Crippen LogP contribution in [-0.4, -0.2) is 62.6 Å². The SMILES string of the molecule is O=C(NCc1ccc(N2CCCC(N3CCC4(CC3)CC4)C2)nn1)c1cc(=O)n2ccccc2n1. The van der Waals surface area contributed by atoms with E-state index in [0.29, 0.717) is 22.8 Å². The molecule has 9 heteroatoms. The van der Waals surface area contributed by atoms with Crippen molar-refractivity contribution in [3.05, 3.63) is 64.3 Å². The molecule has 0 bridgehead atoms. The topological polar surface area (TPSA) is 95.7 Å². The summed E-state index contributed by atoms with van der Waals surface area (Å²) >= 11 is 0. The fourth-order valence-electron chi connectivity index (χ4n) is 5.55. The number of carbonyl (C=O) groups is 1. The van der Waals surface area contributed by atoms with Crippen molar-refractivity contribution in [3.8, 4) is 0 Å². The summed E-state index contributed by atoms with van der Waals surface area (Å²) in [6.07, 6.45) is 9.68. The highest BCUT2D eigenvalue weighted by atomic mass is 16.2. The molecule has 1 saturated carbocycles. The molecule has 0 aromatic carbocycles. The number of aromatic nitrogens is 4. The molecule has 6 rings (SSSR count). The van der Waals surface area contributed by atoms with Gasteiger partial charge in [0.1, 0.15) is 11.3 Å². The molecule has 1 amide bonds.